The topological polar surface area (TPSA) is 118 Å². The van der Waals surface area contributed by atoms with Gasteiger partial charge in [-0.1, -0.05) is 0 Å². The molecule has 0 fully saturated rings. The molecule has 0 aliphatic heterocycles. The smallest absolute Gasteiger partial charge is 0.356 e. The van der Waals surface area contributed by atoms with Crippen LogP contribution in [0.25, 0.3) is 0 Å². The van der Waals surface area contributed by atoms with Crippen molar-refractivity contribution in [1.82, 2.24) is 14.9 Å². The van der Waals surface area contributed by atoms with Gasteiger partial charge < -0.3 is 10.0 Å². The van der Waals surface area contributed by atoms with Gasteiger partial charge in [-0.3, -0.25) is 4.79 Å². The number of carbonyl (C=O) groups is 2. The van der Waals surface area contributed by atoms with Gasteiger partial charge in [-0.05, 0) is 13.8 Å². The molecule has 0 aliphatic carbocycles. The van der Waals surface area contributed by atoms with Crippen molar-refractivity contribution in [3.63, 3.8) is 0 Å². The van der Waals surface area contributed by atoms with Gasteiger partial charge in [-0.25, -0.2) is 23.2 Å². The highest BCUT2D eigenvalue weighted by Crippen LogP contribution is 2.08. The highest BCUT2D eigenvalue weighted by Gasteiger charge is 2.24. The number of carboxylic acid groups (broad SMARTS) is 1. The van der Waals surface area contributed by atoms with Gasteiger partial charge in [0.15, 0.2) is 5.69 Å². The van der Waals surface area contributed by atoms with Gasteiger partial charge in [0.05, 0.1) is 18.1 Å². The van der Waals surface area contributed by atoms with Crippen molar-refractivity contribution < 1.29 is 23.1 Å². The van der Waals surface area contributed by atoms with E-state index in [-0.39, 0.29) is 17.1 Å². The standard InChI is InChI=1S/C12H17N3O5S/c1-4-15(8(2)7-21(3,19)20)11(16)9-5-14-10(6-13-9)12(17)18/h5-6,8H,4,7H2,1-3H3,(H,17,18). The first kappa shape index (κ1) is 17.0. The minimum Gasteiger partial charge on any atom is -0.476 e. The molecule has 8 nitrogen and oxygen atoms in total. The molecule has 116 valence electrons. The van der Waals surface area contributed by atoms with E-state index in [9.17, 15) is 18.0 Å². The number of carbonyl (C=O) groups excluding carboxylic acids is 1. The zero-order chi connectivity index (χ0) is 16.2. The second-order valence-electron chi connectivity index (χ2n) is 4.62. The number of aromatic carboxylic acids is 1. The average Bonchev–Trinajstić information content (AvgIpc) is 2.37. The molecule has 0 aromatic carbocycles. The van der Waals surface area contributed by atoms with Gasteiger partial charge in [0.1, 0.15) is 15.5 Å². The van der Waals surface area contributed by atoms with Crippen LogP contribution >= 0.6 is 0 Å². The van der Waals surface area contributed by atoms with Crippen molar-refractivity contribution >= 4 is 21.7 Å². The Morgan fingerprint density at radius 3 is 2.19 bits per heavy atom. The molecule has 1 aromatic rings. The van der Waals surface area contributed by atoms with Gasteiger partial charge in [0.2, 0.25) is 0 Å². The average molecular weight is 315 g/mol. The van der Waals surface area contributed by atoms with Crippen LogP contribution in [0.2, 0.25) is 0 Å². The van der Waals surface area contributed by atoms with Crippen molar-refractivity contribution in [3.05, 3.63) is 23.8 Å². The maximum atomic E-state index is 12.3. The fraction of sp³-hybridized carbons (Fsp3) is 0.500. The lowest BCUT2D eigenvalue weighted by molar-refractivity contribution is 0.0680. The van der Waals surface area contributed by atoms with E-state index < -0.39 is 27.8 Å². The fourth-order valence-corrected chi connectivity index (χ4v) is 2.94. The van der Waals surface area contributed by atoms with Gasteiger partial charge >= 0.3 is 5.97 Å². The quantitative estimate of drug-likeness (QED) is 0.789. The Labute approximate surface area is 122 Å². The number of sulfone groups is 1. The monoisotopic (exact) mass is 315 g/mol. The molecule has 9 heteroatoms. The third-order valence-corrected chi connectivity index (χ3v) is 3.86. The predicted molar refractivity (Wildman–Crippen MR) is 74.9 cm³/mol. The van der Waals surface area contributed by atoms with Crippen molar-refractivity contribution in [2.45, 2.75) is 19.9 Å². The Morgan fingerprint density at radius 2 is 1.81 bits per heavy atom. The zero-order valence-electron chi connectivity index (χ0n) is 12.0. The van der Waals surface area contributed by atoms with Crippen molar-refractivity contribution in [1.29, 1.82) is 0 Å². The molecule has 0 radical (unpaired) electrons. The van der Waals surface area contributed by atoms with Gasteiger partial charge in [-0.2, -0.15) is 0 Å². The summed E-state index contributed by atoms with van der Waals surface area (Å²) in [5, 5.41) is 8.72. The first-order chi connectivity index (χ1) is 9.65. The number of nitrogens with zero attached hydrogens (tertiary/aromatic N) is 3. The summed E-state index contributed by atoms with van der Waals surface area (Å²) in [4.78, 5) is 31.7. The van der Waals surface area contributed by atoms with E-state index in [0.717, 1.165) is 18.6 Å². The molecular formula is C12H17N3O5S. The molecule has 1 aromatic heterocycles. The van der Waals surface area contributed by atoms with Gasteiger partial charge in [-0.15, -0.1) is 0 Å². The lowest BCUT2D eigenvalue weighted by Crippen LogP contribution is -2.42. The van der Waals surface area contributed by atoms with Crippen LogP contribution in [0.4, 0.5) is 0 Å². The molecule has 1 atom stereocenters. The van der Waals surface area contributed by atoms with E-state index >= 15 is 0 Å². The van der Waals surface area contributed by atoms with E-state index in [4.69, 9.17) is 5.11 Å². The first-order valence-corrected chi connectivity index (χ1v) is 8.25. The van der Waals surface area contributed by atoms with E-state index in [1.165, 1.54) is 4.90 Å². The van der Waals surface area contributed by atoms with Crippen LogP contribution in [0.15, 0.2) is 12.4 Å². The summed E-state index contributed by atoms with van der Waals surface area (Å²) in [7, 11) is -3.22. The van der Waals surface area contributed by atoms with Crippen LogP contribution in [0.5, 0.6) is 0 Å². The number of rotatable bonds is 6. The van der Waals surface area contributed by atoms with E-state index in [1.54, 1.807) is 13.8 Å². The molecule has 1 heterocycles. The number of amides is 1. The molecule has 1 amide bonds. The highest BCUT2D eigenvalue weighted by molar-refractivity contribution is 7.90. The Bertz CT molecular complexity index is 627. The first-order valence-electron chi connectivity index (χ1n) is 6.19. The summed E-state index contributed by atoms with van der Waals surface area (Å²) < 4.78 is 22.6. The van der Waals surface area contributed by atoms with Crippen molar-refractivity contribution in [2.24, 2.45) is 0 Å². The minimum absolute atomic E-state index is 0.0257. The van der Waals surface area contributed by atoms with Crippen LogP contribution in [0.1, 0.15) is 34.8 Å². The maximum Gasteiger partial charge on any atom is 0.356 e. The summed E-state index contributed by atoms with van der Waals surface area (Å²) in [5.74, 6) is -1.88. The molecule has 0 bridgehead atoms. The van der Waals surface area contributed by atoms with Crippen molar-refractivity contribution in [2.75, 3.05) is 18.6 Å². The highest BCUT2D eigenvalue weighted by atomic mass is 32.2. The van der Waals surface area contributed by atoms with E-state index in [2.05, 4.69) is 9.97 Å². The van der Waals surface area contributed by atoms with Gasteiger partial charge in [0.25, 0.3) is 5.91 Å². The molecule has 0 aliphatic rings. The number of hydrogen-bond donors (Lipinski definition) is 1. The molecular weight excluding hydrogens is 298 g/mol. The Balaban J connectivity index is 2.95. The summed E-state index contributed by atoms with van der Waals surface area (Å²) in [6, 6.07) is -0.515. The molecule has 21 heavy (non-hydrogen) atoms. The molecule has 0 saturated heterocycles. The Hall–Kier alpha value is -2.03. The summed E-state index contributed by atoms with van der Waals surface area (Å²) >= 11 is 0. The molecule has 0 spiro atoms. The number of aromatic nitrogens is 2. The molecule has 1 unspecified atom stereocenters. The van der Waals surface area contributed by atoms with Gasteiger partial charge in [0, 0.05) is 18.8 Å². The van der Waals surface area contributed by atoms with Crippen LogP contribution < -0.4 is 0 Å². The Kier molecular flexibility index (Phi) is 5.36. The lowest BCUT2D eigenvalue weighted by atomic mass is 10.2. The van der Waals surface area contributed by atoms with Crippen LogP contribution in [-0.2, 0) is 9.84 Å². The third-order valence-electron chi connectivity index (χ3n) is 2.77. The SMILES string of the molecule is CCN(C(=O)c1cnc(C(=O)O)cn1)C(C)CS(C)(=O)=O. The van der Waals surface area contributed by atoms with Crippen molar-refractivity contribution in [3.8, 4) is 0 Å². The number of hydrogen-bond acceptors (Lipinski definition) is 6. The molecule has 1 N–H and O–H groups in total. The molecule has 1 rings (SSSR count). The normalized spacial score (nSPS) is 12.7. The third kappa shape index (κ3) is 4.78. The number of carboxylic acids is 1. The van der Waals surface area contributed by atoms with Crippen LogP contribution in [0, 0.1) is 0 Å². The fourth-order valence-electron chi connectivity index (χ4n) is 1.88. The predicted octanol–water partition coefficient (Wildman–Crippen LogP) is 0.0700. The minimum atomic E-state index is -3.22. The largest absolute Gasteiger partial charge is 0.476 e. The Morgan fingerprint density at radius 1 is 1.29 bits per heavy atom. The second kappa shape index (κ2) is 6.61. The second-order valence-corrected chi connectivity index (χ2v) is 6.81. The zero-order valence-corrected chi connectivity index (χ0v) is 12.8. The summed E-state index contributed by atoms with van der Waals surface area (Å²) in [6.07, 6.45) is 3.16. The summed E-state index contributed by atoms with van der Waals surface area (Å²) in [5.41, 5.74) is -0.291. The maximum absolute atomic E-state index is 12.3. The van der Waals surface area contributed by atoms with E-state index in [0.29, 0.717) is 6.54 Å². The van der Waals surface area contributed by atoms with Crippen LogP contribution in [-0.4, -0.2) is 64.9 Å². The van der Waals surface area contributed by atoms with Crippen LogP contribution in [0.3, 0.4) is 0 Å². The van der Waals surface area contributed by atoms with E-state index in [1.807, 2.05) is 0 Å². The summed E-state index contributed by atoms with van der Waals surface area (Å²) in [6.45, 7) is 3.65. The molecule has 0 saturated carbocycles. The lowest BCUT2D eigenvalue weighted by Gasteiger charge is -2.27.